The highest BCUT2D eigenvalue weighted by Gasteiger charge is 2.22. The van der Waals surface area contributed by atoms with Crippen LogP contribution in [0.3, 0.4) is 0 Å². The van der Waals surface area contributed by atoms with Crippen molar-refractivity contribution in [2.75, 3.05) is 19.5 Å². The SMILES string of the molecule is CCCC(COC)NS(=O)(=O)c1cc(Br)ccc1N. The van der Waals surface area contributed by atoms with Crippen LogP contribution in [0.25, 0.3) is 0 Å². The molecule has 108 valence electrons. The molecule has 1 aromatic rings. The Kier molecular flexibility index (Phi) is 6.25. The van der Waals surface area contributed by atoms with Crippen molar-refractivity contribution in [1.29, 1.82) is 0 Å². The van der Waals surface area contributed by atoms with Crippen LogP contribution in [-0.4, -0.2) is 28.2 Å². The Hall–Kier alpha value is -0.630. The van der Waals surface area contributed by atoms with E-state index in [0.717, 1.165) is 6.42 Å². The van der Waals surface area contributed by atoms with Crippen molar-refractivity contribution in [3.8, 4) is 0 Å². The van der Waals surface area contributed by atoms with Gasteiger partial charge >= 0.3 is 0 Å². The van der Waals surface area contributed by atoms with Crippen LogP contribution in [0.5, 0.6) is 0 Å². The molecule has 0 bridgehead atoms. The Balaban J connectivity index is 2.99. The van der Waals surface area contributed by atoms with E-state index in [-0.39, 0.29) is 16.6 Å². The molecule has 1 atom stereocenters. The van der Waals surface area contributed by atoms with Crippen molar-refractivity contribution in [1.82, 2.24) is 4.72 Å². The Morgan fingerprint density at radius 2 is 2.16 bits per heavy atom. The van der Waals surface area contributed by atoms with Crippen molar-refractivity contribution in [3.05, 3.63) is 22.7 Å². The van der Waals surface area contributed by atoms with Gasteiger partial charge in [-0.25, -0.2) is 13.1 Å². The van der Waals surface area contributed by atoms with Crippen LogP contribution in [0.15, 0.2) is 27.6 Å². The van der Waals surface area contributed by atoms with Gasteiger partial charge in [0.2, 0.25) is 10.0 Å². The van der Waals surface area contributed by atoms with Crippen molar-refractivity contribution >= 4 is 31.6 Å². The third kappa shape index (κ3) is 4.76. The number of sulfonamides is 1. The Bertz CT molecular complexity index is 514. The van der Waals surface area contributed by atoms with E-state index in [4.69, 9.17) is 10.5 Å². The summed E-state index contributed by atoms with van der Waals surface area (Å²) in [5.74, 6) is 0. The number of rotatable bonds is 7. The standard InChI is InChI=1S/C12H19BrN2O3S/c1-3-4-10(8-18-2)15-19(16,17)12-7-9(13)5-6-11(12)14/h5-7,10,15H,3-4,8,14H2,1-2H3. The first-order valence-electron chi connectivity index (χ1n) is 5.97. The molecule has 0 aliphatic carbocycles. The van der Waals surface area contributed by atoms with Crippen molar-refractivity contribution in [3.63, 3.8) is 0 Å². The minimum atomic E-state index is -3.64. The maximum absolute atomic E-state index is 12.3. The molecule has 19 heavy (non-hydrogen) atoms. The van der Waals surface area contributed by atoms with Crippen molar-refractivity contribution in [2.45, 2.75) is 30.7 Å². The molecule has 0 saturated heterocycles. The molecule has 0 aromatic heterocycles. The van der Waals surface area contributed by atoms with Crippen molar-refractivity contribution < 1.29 is 13.2 Å². The number of benzene rings is 1. The van der Waals surface area contributed by atoms with Gasteiger partial charge in [0.1, 0.15) is 4.90 Å². The van der Waals surface area contributed by atoms with Gasteiger partial charge in [0.25, 0.3) is 0 Å². The van der Waals surface area contributed by atoms with Crippen LogP contribution in [-0.2, 0) is 14.8 Å². The van der Waals surface area contributed by atoms with E-state index in [1.165, 1.54) is 6.07 Å². The average Bonchev–Trinajstić information content (AvgIpc) is 2.32. The number of methoxy groups -OCH3 is 1. The monoisotopic (exact) mass is 350 g/mol. The fraction of sp³-hybridized carbons (Fsp3) is 0.500. The predicted molar refractivity (Wildman–Crippen MR) is 79.4 cm³/mol. The number of nitrogen functional groups attached to an aromatic ring is 1. The summed E-state index contributed by atoms with van der Waals surface area (Å²) >= 11 is 3.24. The number of nitrogens with two attached hydrogens (primary N) is 1. The topological polar surface area (TPSA) is 81.4 Å². The summed E-state index contributed by atoms with van der Waals surface area (Å²) in [4.78, 5) is 0.0825. The molecule has 0 heterocycles. The summed E-state index contributed by atoms with van der Waals surface area (Å²) in [7, 11) is -2.10. The second kappa shape index (κ2) is 7.23. The lowest BCUT2D eigenvalue weighted by molar-refractivity contribution is 0.171. The molecule has 3 N–H and O–H groups in total. The van der Waals surface area contributed by atoms with Gasteiger partial charge in [-0.05, 0) is 24.6 Å². The number of anilines is 1. The number of ether oxygens (including phenoxy) is 1. The molecule has 1 unspecified atom stereocenters. The smallest absolute Gasteiger partial charge is 0.242 e. The molecule has 5 nitrogen and oxygen atoms in total. The maximum Gasteiger partial charge on any atom is 0.242 e. The minimum absolute atomic E-state index is 0.0825. The van der Waals surface area contributed by atoms with Gasteiger partial charge in [-0.2, -0.15) is 0 Å². The average molecular weight is 351 g/mol. The van der Waals surface area contributed by atoms with Gasteiger partial charge in [-0.3, -0.25) is 0 Å². The highest BCUT2D eigenvalue weighted by molar-refractivity contribution is 9.10. The highest BCUT2D eigenvalue weighted by atomic mass is 79.9. The zero-order chi connectivity index (χ0) is 14.5. The lowest BCUT2D eigenvalue weighted by atomic mass is 10.2. The Morgan fingerprint density at radius 1 is 1.47 bits per heavy atom. The van der Waals surface area contributed by atoms with Gasteiger partial charge in [-0.1, -0.05) is 29.3 Å². The molecule has 0 aliphatic heterocycles. The van der Waals surface area contributed by atoms with Gasteiger partial charge < -0.3 is 10.5 Å². The van der Waals surface area contributed by atoms with Crippen LogP contribution >= 0.6 is 15.9 Å². The van der Waals surface area contributed by atoms with Crippen LogP contribution in [0.4, 0.5) is 5.69 Å². The van der Waals surface area contributed by atoms with E-state index in [1.54, 1.807) is 19.2 Å². The lowest BCUT2D eigenvalue weighted by Crippen LogP contribution is -2.38. The molecular formula is C12H19BrN2O3S. The molecule has 1 rings (SSSR count). The van der Waals surface area contributed by atoms with E-state index < -0.39 is 10.0 Å². The normalized spacial score (nSPS) is 13.4. The van der Waals surface area contributed by atoms with E-state index in [9.17, 15) is 8.42 Å². The fourth-order valence-electron chi connectivity index (χ4n) is 1.75. The van der Waals surface area contributed by atoms with Crippen molar-refractivity contribution in [2.24, 2.45) is 0 Å². The Morgan fingerprint density at radius 3 is 2.74 bits per heavy atom. The quantitative estimate of drug-likeness (QED) is 0.738. The van der Waals surface area contributed by atoms with Crippen LogP contribution in [0.1, 0.15) is 19.8 Å². The first kappa shape index (κ1) is 16.4. The fourth-order valence-corrected chi connectivity index (χ4v) is 3.67. The third-order valence-electron chi connectivity index (χ3n) is 2.59. The molecule has 0 amide bonds. The van der Waals surface area contributed by atoms with E-state index >= 15 is 0 Å². The van der Waals surface area contributed by atoms with Crippen LogP contribution in [0, 0.1) is 0 Å². The van der Waals surface area contributed by atoms with Gasteiger partial charge in [0.05, 0.1) is 12.3 Å². The number of halogens is 1. The molecular weight excluding hydrogens is 332 g/mol. The second-order valence-corrected chi connectivity index (χ2v) is 6.84. The zero-order valence-electron chi connectivity index (χ0n) is 11.0. The summed E-state index contributed by atoms with van der Waals surface area (Å²) in [5.41, 5.74) is 5.95. The summed E-state index contributed by atoms with van der Waals surface area (Å²) in [6, 6.07) is 4.50. The third-order valence-corrected chi connectivity index (χ3v) is 4.66. The second-order valence-electron chi connectivity index (χ2n) is 4.24. The summed E-state index contributed by atoms with van der Waals surface area (Å²) in [5, 5.41) is 0. The molecule has 0 radical (unpaired) electrons. The minimum Gasteiger partial charge on any atom is -0.398 e. The molecule has 0 aliphatic rings. The number of nitrogens with one attached hydrogen (secondary N) is 1. The molecule has 1 aromatic carbocycles. The zero-order valence-corrected chi connectivity index (χ0v) is 13.4. The molecule has 7 heteroatoms. The van der Waals surface area contributed by atoms with E-state index in [2.05, 4.69) is 20.7 Å². The van der Waals surface area contributed by atoms with Gasteiger partial charge in [0.15, 0.2) is 0 Å². The predicted octanol–water partition coefficient (Wildman–Crippen LogP) is 2.12. The van der Waals surface area contributed by atoms with Crippen LogP contribution in [0.2, 0.25) is 0 Å². The van der Waals surface area contributed by atoms with Gasteiger partial charge in [-0.15, -0.1) is 0 Å². The largest absolute Gasteiger partial charge is 0.398 e. The van der Waals surface area contributed by atoms with Crippen LogP contribution < -0.4 is 10.5 Å². The first-order chi connectivity index (χ1) is 8.90. The number of hydrogen-bond acceptors (Lipinski definition) is 4. The molecule has 0 saturated carbocycles. The van der Waals surface area contributed by atoms with Gasteiger partial charge in [0, 0.05) is 17.6 Å². The summed E-state index contributed by atoms with van der Waals surface area (Å²) in [6.45, 7) is 2.32. The molecule has 0 fully saturated rings. The first-order valence-corrected chi connectivity index (χ1v) is 8.24. The lowest BCUT2D eigenvalue weighted by Gasteiger charge is -2.18. The highest BCUT2D eigenvalue weighted by Crippen LogP contribution is 2.23. The van der Waals surface area contributed by atoms with E-state index in [0.29, 0.717) is 17.5 Å². The van der Waals surface area contributed by atoms with E-state index in [1.807, 2.05) is 6.92 Å². The molecule has 0 spiro atoms. The Labute approximate surface area is 122 Å². The summed E-state index contributed by atoms with van der Waals surface area (Å²) in [6.07, 6.45) is 1.57. The maximum atomic E-state index is 12.3. The summed E-state index contributed by atoms with van der Waals surface area (Å²) < 4.78 is 32.9. The number of hydrogen-bond donors (Lipinski definition) is 2.